The van der Waals surface area contributed by atoms with Crippen molar-refractivity contribution in [1.82, 2.24) is 14.5 Å². The van der Waals surface area contributed by atoms with Crippen molar-refractivity contribution in [2.45, 2.75) is 52.8 Å². The first kappa shape index (κ1) is 41.3. The Morgan fingerprint density at radius 2 is 1.21 bits per heavy atom. The van der Waals surface area contributed by atoms with Gasteiger partial charge in [-0.1, -0.05) is 202 Å². The predicted molar refractivity (Wildman–Crippen MR) is 274 cm³/mol. The molecule has 5 heteroatoms. The zero-order valence-electron chi connectivity index (χ0n) is 40.9. The average Bonchev–Trinajstić information content (AvgIpc) is 3.76. The van der Waals surface area contributed by atoms with E-state index >= 15 is 0 Å². The molecule has 0 unspecified atom stereocenters. The molecule has 0 spiro atoms. The number of aromatic hydroxyl groups is 1. The number of nitrogens with zero attached hydrogens (tertiary/aromatic N) is 3. The number of aromatic nitrogens is 3. The van der Waals surface area contributed by atoms with E-state index in [-0.39, 0.29) is 44.2 Å². The van der Waals surface area contributed by atoms with Crippen LogP contribution < -0.4 is 0 Å². The molecule has 0 aliphatic rings. The Balaban J connectivity index is 0.00000608. The maximum Gasteiger partial charge on any atom is 0.148 e. The predicted octanol–water partition coefficient (Wildman–Crippen LogP) is 16.1. The van der Waals surface area contributed by atoms with E-state index in [1.807, 2.05) is 84.9 Å². The molecule has 8 aromatic carbocycles. The molecule has 0 atom stereocenters. The number of hydrogen-bond donors (Lipinski definition) is 1. The Kier molecular flexibility index (Phi) is 11.9. The molecule has 67 heavy (non-hydrogen) atoms. The summed E-state index contributed by atoms with van der Waals surface area (Å²) in [7, 11) is 0. The Bertz CT molecular complexity index is 3480. The molecule has 332 valence electrons. The molecule has 0 radical (unpaired) electrons. The van der Waals surface area contributed by atoms with Gasteiger partial charge in [0, 0.05) is 48.2 Å². The Hall–Kier alpha value is -7.13. The first-order valence-corrected chi connectivity index (χ1v) is 22.7. The van der Waals surface area contributed by atoms with Gasteiger partial charge in [-0.3, -0.25) is 9.55 Å². The Morgan fingerprint density at radius 3 is 1.94 bits per heavy atom. The van der Waals surface area contributed by atoms with Crippen LogP contribution in [0.15, 0.2) is 194 Å². The zero-order chi connectivity index (χ0) is 47.8. The smallest absolute Gasteiger partial charge is 0.148 e. The molecule has 2 heterocycles. The number of pyridine rings is 1. The quantitative estimate of drug-likeness (QED) is 0.131. The van der Waals surface area contributed by atoms with Crippen molar-refractivity contribution in [3.8, 4) is 78.6 Å². The molecule has 10 aromatic rings. The van der Waals surface area contributed by atoms with Crippen LogP contribution >= 0.6 is 0 Å². The van der Waals surface area contributed by atoms with Gasteiger partial charge in [0.2, 0.25) is 0 Å². The first-order chi connectivity index (χ1) is 33.4. The standard InChI is InChI=1S/C62H52N3O.Pt/c1-40(2)48-37-54(41(3)4)61(66)55(38-48)62-64-60-53(28-18-30-59(60)65(62)58-29-16-15-27-52(58)46-24-13-8-14-25-46)50-34-49(45-22-11-7-12-23-45)35-51(36-50)57-31-42(5)56(39-63-57)47-26-17-21-44(33-47)32-43-19-9-6-10-20-43;/h6-31,33-35,37-41,66H,32H2,1-5H3;/q-1;/i5D3;. The van der Waals surface area contributed by atoms with Gasteiger partial charge in [0.25, 0.3) is 0 Å². The van der Waals surface area contributed by atoms with Crippen molar-refractivity contribution in [3.05, 3.63) is 228 Å². The van der Waals surface area contributed by atoms with Gasteiger partial charge in [0.1, 0.15) is 11.6 Å². The minimum Gasteiger partial charge on any atom is -0.507 e. The summed E-state index contributed by atoms with van der Waals surface area (Å²) in [6, 6.07) is 67.2. The van der Waals surface area contributed by atoms with Crippen LogP contribution in [0.1, 0.15) is 71.5 Å². The normalized spacial score (nSPS) is 12.2. The van der Waals surface area contributed by atoms with Crippen LogP contribution in [0.2, 0.25) is 0 Å². The average molecular weight is 1050 g/mol. The van der Waals surface area contributed by atoms with Crippen molar-refractivity contribution in [1.29, 1.82) is 0 Å². The number of rotatable bonds is 11. The summed E-state index contributed by atoms with van der Waals surface area (Å²) in [6.45, 7) is 6.13. The number of imidazole rings is 1. The van der Waals surface area contributed by atoms with Crippen LogP contribution in [0.25, 0.3) is 83.9 Å². The summed E-state index contributed by atoms with van der Waals surface area (Å²) in [6.07, 6.45) is 2.42. The summed E-state index contributed by atoms with van der Waals surface area (Å²) >= 11 is 0. The first-order valence-electron chi connectivity index (χ1n) is 24.2. The van der Waals surface area contributed by atoms with Gasteiger partial charge in [-0.05, 0) is 87.8 Å². The summed E-state index contributed by atoms with van der Waals surface area (Å²) in [5.74, 6) is 1.11. The fourth-order valence-corrected chi connectivity index (χ4v) is 9.06. The summed E-state index contributed by atoms with van der Waals surface area (Å²) in [5, 5.41) is 12.3. The number of hydrogen-bond acceptors (Lipinski definition) is 3. The van der Waals surface area contributed by atoms with E-state index in [9.17, 15) is 5.11 Å². The topological polar surface area (TPSA) is 50.9 Å². The molecule has 0 amide bonds. The Labute approximate surface area is 413 Å². The van der Waals surface area contributed by atoms with Crippen LogP contribution in [0.5, 0.6) is 5.75 Å². The van der Waals surface area contributed by atoms with E-state index < -0.39 is 6.85 Å². The monoisotopic (exact) mass is 1050 g/mol. The largest absolute Gasteiger partial charge is 0.507 e. The van der Waals surface area contributed by atoms with Gasteiger partial charge < -0.3 is 5.11 Å². The summed E-state index contributed by atoms with van der Waals surface area (Å²) < 4.78 is 28.6. The summed E-state index contributed by atoms with van der Waals surface area (Å²) in [4.78, 5) is 10.6. The zero-order valence-corrected chi connectivity index (χ0v) is 40.2. The molecule has 0 aliphatic heterocycles. The van der Waals surface area contributed by atoms with E-state index in [0.29, 0.717) is 28.2 Å². The van der Waals surface area contributed by atoms with E-state index in [2.05, 4.69) is 135 Å². The minimum absolute atomic E-state index is 0. The molecule has 2 aromatic heterocycles. The van der Waals surface area contributed by atoms with Gasteiger partial charge in [-0.25, -0.2) is 4.98 Å². The van der Waals surface area contributed by atoms with E-state index in [1.54, 1.807) is 12.3 Å². The van der Waals surface area contributed by atoms with Crippen LogP contribution in [0.3, 0.4) is 0 Å². The van der Waals surface area contributed by atoms with Crippen molar-refractivity contribution in [2.75, 3.05) is 0 Å². The van der Waals surface area contributed by atoms with Gasteiger partial charge in [-0.15, -0.1) is 23.8 Å². The van der Waals surface area contributed by atoms with Gasteiger partial charge in [0.05, 0.1) is 22.3 Å². The van der Waals surface area contributed by atoms with Crippen LogP contribution in [-0.4, -0.2) is 19.6 Å². The Morgan fingerprint density at radius 1 is 0.567 bits per heavy atom. The molecule has 4 nitrogen and oxygen atoms in total. The van der Waals surface area contributed by atoms with E-state index in [1.165, 1.54) is 5.56 Å². The van der Waals surface area contributed by atoms with E-state index in [4.69, 9.17) is 14.1 Å². The number of benzene rings is 8. The maximum atomic E-state index is 12.3. The molecule has 10 rings (SSSR count). The molecule has 0 bridgehead atoms. The molecular weight excluding hydrogens is 998 g/mol. The molecule has 0 saturated carbocycles. The molecule has 0 saturated heterocycles. The molecule has 0 aliphatic carbocycles. The maximum absolute atomic E-state index is 12.3. The van der Waals surface area contributed by atoms with E-state index in [0.717, 1.165) is 78.8 Å². The fraction of sp³-hybridized carbons (Fsp3) is 0.129. The second-order valence-corrected chi connectivity index (χ2v) is 17.7. The van der Waals surface area contributed by atoms with Crippen LogP contribution in [0, 0.1) is 12.9 Å². The molecule has 0 fully saturated rings. The van der Waals surface area contributed by atoms with Gasteiger partial charge in [-0.2, -0.15) is 0 Å². The SMILES string of the molecule is [2H]C([2H])([2H])c1cc(-c2[c-]c(-c3cccc4c3nc(-c3cc(C(C)C)cc(C(C)C)c3O)n4-c3ccccc3-c3ccccc3)cc(-c3ccccc3)c2)ncc1-c1cccc(Cc2ccccc2)c1.[Pt]. The second-order valence-electron chi connectivity index (χ2n) is 17.7. The third-order valence-corrected chi connectivity index (χ3v) is 12.5. The third kappa shape index (κ3) is 9.07. The molecule has 1 N–H and O–H groups in total. The number of phenols is 1. The van der Waals surface area contributed by atoms with Crippen molar-refractivity contribution in [2.24, 2.45) is 0 Å². The van der Waals surface area contributed by atoms with Gasteiger partial charge >= 0.3 is 0 Å². The fourth-order valence-electron chi connectivity index (χ4n) is 9.06. The van der Waals surface area contributed by atoms with Crippen molar-refractivity contribution < 1.29 is 30.3 Å². The number of phenolic OH excluding ortho intramolecular Hbond substituents is 1. The summed E-state index contributed by atoms with van der Waals surface area (Å²) in [5.41, 5.74) is 15.7. The second kappa shape index (κ2) is 19.4. The van der Waals surface area contributed by atoms with Gasteiger partial charge in [0.15, 0.2) is 0 Å². The van der Waals surface area contributed by atoms with Crippen LogP contribution in [-0.2, 0) is 27.5 Å². The number of aryl methyl sites for hydroxylation is 1. The number of para-hydroxylation sites is 2. The molecular formula is C62H52N3OPt-. The third-order valence-electron chi connectivity index (χ3n) is 12.5. The minimum atomic E-state index is -2.43. The number of fused-ring (bicyclic) bond motifs is 1. The van der Waals surface area contributed by atoms with Crippen LogP contribution in [0.4, 0.5) is 0 Å². The van der Waals surface area contributed by atoms with Crippen molar-refractivity contribution in [3.63, 3.8) is 0 Å². The van der Waals surface area contributed by atoms with Crippen molar-refractivity contribution >= 4 is 11.0 Å².